The number of rotatable bonds is 7. The third-order valence-corrected chi connectivity index (χ3v) is 2.61. The van der Waals surface area contributed by atoms with E-state index in [1.807, 2.05) is 6.07 Å². The Morgan fingerprint density at radius 1 is 1.32 bits per heavy atom. The lowest BCUT2D eigenvalue weighted by Gasteiger charge is -2.07. The van der Waals surface area contributed by atoms with Crippen molar-refractivity contribution in [3.8, 4) is 6.07 Å². The molecule has 4 nitrogen and oxygen atoms in total. The summed E-state index contributed by atoms with van der Waals surface area (Å²) in [5.74, 6) is 0.543. The molecule has 0 spiro atoms. The molecule has 0 aliphatic carbocycles. The molecule has 0 bridgehead atoms. The molecule has 1 aromatic rings. The molecule has 0 atom stereocenters. The highest BCUT2D eigenvalue weighted by atomic mass is 16.5. The van der Waals surface area contributed by atoms with E-state index in [0.29, 0.717) is 36.8 Å². The van der Waals surface area contributed by atoms with Gasteiger partial charge < -0.3 is 10.1 Å². The molecule has 1 N–H and O–H groups in total. The van der Waals surface area contributed by atoms with Gasteiger partial charge in [-0.1, -0.05) is 13.8 Å². The zero-order valence-corrected chi connectivity index (χ0v) is 11.5. The van der Waals surface area contributed by atoms with Crippen molar-refractivity contribution >= 4 is 11.6 Å². The van der Waals surface area contributed by atoms with Crippen molar-refractivity contribution in [3.63, 3.8) is 0 Å². The topological polar surface area (TPSA) is 62.1 Å². The van der Waals surface area contributed by atoms with Crippen LogP contribution in [0.3, 0.4) is 0 Å². The maximum atomic E-state index is 11.6. The van der Waals surface area contributed by atoms with E-state index in [0.717, 1.165) is 6.42 Å². The summed E-state index contributed by atoms with van der Waals surface area (Å²) in [6, 6.07) is 8.82. The van der Waals surface area contributed by atoms with E-state index in [2.05, 4.69) is 19.2 Å². The fraction of sp³-hybridized carbons (Fsp3) is 0.467. The summed E-state index contributed by atoms with van der Waals surface area (Å²) in [7, 11) is 0. The second kappa shape index (κ2) is 8.28. The Labute approximate surface area is 114 Å². The number of hydrogen-bond donors (Lipinski definition) is 1. The van der Waals surface area contributed by atoms with Crippen molar-refractivity contribution in [1.82, 2.24) is 0 Å². The van der Waals surface area contributed by atoms with Crippen molar-refractivity contribution in [2.45, 2.75) is 26.7 Å². The van der Waals surface area contributed by atoms with Crippen LogP contribution in [0.2, 0.25) is 0 Å². The van der Waals surface area contributed by atoms with Gasteiger partial charge in [0.05, 0.1) is 24.7 Å². The number of carbonyl (C=O) groups is 1. The summed E-state index contributed by atoms with van der Waals surface area (Å²) in [5.41, 5.74) is 1.28. The van der Waals surface area contributed by atoms with Gasteiger partial charge >= 0.3 is 0 Å². The minimum atomic E-state index is -0.0748. The van der Waals surface area contributed by atoms with Crippen molar-refractivity contribution < 1.29 is 9.53 Å². The minimum absolute atomic E-state index is 0.0748. The van der Waals surface area contributed by atoms with Crippen LogP contribution in [0.15, 0.2) is 24.3 Å². The van der Waals surface area contributed by atoms with Gasteiger partial charge in [0.15, 0.2) is 0 Å². The molecule has 0 unspecified atom stereocenters. The van der Waals surface area contributed by atoms with Crippen molar-refractivity contribution in [1.29, 1.82) is 5.26 Å². The van der Waals surface area contributed by atoms with E-state index in [4.69, 9.17) is 10.00 Å². The van der Waals surface area contributed by atoms with Crippen LogP contribution in [0.5, 0.6) is 0 Å². The molecule has 0 saturated heterocycles. The van der Waals surface area contributed by atoms with Crippen molar-refractivity contribution in [2.75, 3.05) is 18.5 Å². The molecule has 0 aliphatic heterocycles. The molecule has 19 heavy (non-hydrogen) atoms. The fourth-order valence-corrected chi connectivity index (χ4v) is 1.44. The molecule has 102 valence electrons. The van der Waals surface area contributed by atoms with E-state index < -0.39 is 0 Å². The smallest absolute Gasteiger partial charge is 0.226 e. The predicted octanol–water partition coefficient (Wildman–Crippen LogP) is 2.95. The molecule has 0 saturated carbocycles. The molecule has 0 radical (unpaired) electrons. The molecule has 0 fully saturated rings. The summed E-state index contributed by atoms with van der Waals surface area (Å²) < 4.78 is 5.39. The lowest BCUT2D eigenvalue weighted by molar-refractivity contribution is -0.117. The maximum Gasteiger partial charge on any atom is 0.226 e. The third-order valence-electron chi connectivity index (χ3n) is 2.61. The van der Waals surface area contributed by atoms with E-state index >= 15 is 0 Å². The second-order valence-corrected chi connectivity index (χ2v) is 4.78. The summed E-state index contributed by atoms with van der Waals surface area (Å²) in [5, 5.41) is 11.4. The molecule has 1 rings (SSSR count). The van der Waals surface area contributed by atoms with Crippen LogP contribution in [0.1, 0.15) is 32.3 Å². The number of nitrogens with one attached hydrogen (secondary N) is 1. The largest absolute Gasteiger partial charge is 0.381 e. The predicted molar refractivity (Wildman–Crippen MR) is 74.7 cm³/mol. The molecule has 1 amide bonds. The van der Waals surface area contributed by atoms with Crippen LogP contribution in [0, 0.1) is 17.2 Å². The molecular formula is C15H20N2O2. The number of amides is 1. The van der Waals surface area contributed by atoms with Crippen molar-refractivity contribution in [2.24, 2.45) is 5.92 Å². The third kappa shape index (κ3) is 6.58. The molecule has 0 heterocycles. The van der Waals surface area contributed by atoms with Gasteiger partial charge in [-0.25, -0.2) is 0 Å². The Balaban J connectivity index is 2.22. The highest BCUT2D eigenvalue weighted by Crippen LogP contribution is 2.09. The number of anilines is 1. The number of ether oxygens (including phenoxy) is 1. The van der Waals surface area contributed by atoms with Crippen molar-refractivity contribution in [3.05, 3.63) is 29.8 Å². The maximum absolute atomic E-state index is 11.6. The van der Waals surface area contributed by atoms with Gasteiger partial charge in [0.2, 0.25) is 5.91 Å². The van der Waals surface area contributed by atoms with E-state index in [9.17, 15) is 4.79 Å². The van der Waals surface area contributed by atoms with Crippen LogP contribution < -0.4 is 5.32 Å². The standard InChI is InChI=1S/C15H20N2O2/c1-12(2)7-9-19-10-8-15(18)17-14-5-3-13(11-16)4-6-14/h3-6,12H,7-10H2,1-2H3,(H,17,18). The van der Waals surface area contributed by atoms with E-state index in [-0.39, 0.29) is 5.91 Å². The number of nitrogens with zero attached hydrogens (tertiary/aromatic N) is 1. The van der Waals surface area contributed by atoms with Gasteiger partial charge in [-0.05, 0) is 36.6 Å². The molecule has 1 aromatic carbocycles. The second-order valence-electron chi connectivity index (χ2n) is 4.78. The van der Waals surface area contributed by atoms with Crippen LogP contribution in [0.25, 0.3) is 0 Å². The zero-order valence-electron chi connectivity index (χ0n) is 11.5. The summed E-state index contributed by atoms with van der Waals surface area (Å²) in [6.45, 7) is 5.42. The van der Waals surface area contributed by atoms with Crippen LogP contribution in [0.4, 0.5) is 5.69 Å². The fourth-order valence-electron chi connectivity index (χ4n) is 1.44. The first-order valence-corrected chi connectivity index (χ1v) is 6.49. The average Bonchev–Trinajstić information content (AvgIpc) is 2.39. The molecule has 4 heteroatoms. The van der Waals surface area contributed by atoms with Gasteiger partial charge in [-0.15, -0.1) is 0 Å². The highest BCUT2D eigenvalue weighted by Gasteiger charge is 2.02. The van der Waals surface area contributed by atoms with E-state index in [1.165, 1.54) is 0 Å². The van der Waals surface area contributed by atoms with Crippen LogP contribution in [-0.4, -0.2) is 19.1 Å². The van der Waals surface area contributed by atoms with Gasteiger partial charge in [0.25, 0.3) is 0 Å². The van der Waals surface area contributed by atoms with Gasteiger partial charge in [0, 0.05) is 12.3 Å². The van der Waals surface area contributed by atoms with Gasteiger partial charge in [0.1, 0.15) is 0 Å². The monoisotopic (exact) mass is 260 g/mol. The Bertz CT molecular complexity index is 432. The lowest BCUT2D eigenvalue weighted by Crippen LogP contribution is -2.14. The molecule has 0 aliphatic rings. The summed E-state index contributed by atoms with van der Waals surface area (Å²) in [4.78, 5) is 11.6. The summed E-state index contributed by atoms with van der Waals surface area (Å²) in [6.07, 6.45) is 1.36. The van der Waals surface area contributed by atoms with Gasteiger partial charge in [-0.3, -0.25) is 4.79 Å². The minimum Gasteiger partial charge on any atom is -0.381 e. The number of benzene rings is 1. The number of nitriles is 1. The Morgan fingerprint density at radius 3 is 2.58 bits per heavy atom. The molecular weight excluding hydrogens is 240 g/mol. The Morgan fingerprint density at radius 2 is 2.00 bits per heavy atom. The zero-order chi connectivity index (χ0) is 14.1. The highest BCUT2D eigenvalue weighted by molar-refractivity contribution is 5.90. The van der Waals surface area contributed by atoms with Crippen LogP contribution in [-0.2, 0) is 9.53 Å². The normalized spacial score (nSPS) is 10.2. The SMILES string of the molecule is CC(C)CCOCCC(=O)Nc1ccc(C#N)cc1. The quantitative estimate of drug-likeness (QED) is 0.767. The Kier molecular flexibility index (Phi) is 6.62. The first-order valence-electron chi connectivity index (χ1n) is 6.49. The first kappa shape index (κ1) is 15.2. The average molecular weight is 260 g/mol. The van der Waals surface area contributed by atoms with E-state index in [1.54, 1.807) is 24.3 Å². The molecule has 0 aromatic heterocycles. The van der Waals surface area contributed by atoms with Gasteiger partial charge in [-0.2, -0.15) is 5.26 Å². The summed E-state index contributed by atoms with van der Waals surface area (Å²) >= 11 is 0. The Hall–Kier alpha value is -1.86. The lowest BCUT2D eigenvalue weighted by atomic mass is 10.1. The first-order chi connectivity index (χ1) is 9.11. The number of hydrogen-bond acceptors (Lipinski definition) is 3. The van der Waals surface area contributed by atoms with Crippen LogP contribution >= 0.6 is 0 Å². The number of carbonyl (C=O) groups excluding carboxylic acids is 1.